The molecule has 0 aromatic carbocycles. The molecule has 0 saturated heterocycles. The predicted molar refractivity (Wildman–Crippen MR) is 44.6 cm³/mol. The fourth-order valence-electron chi connectivity index (χ4n) is 0.508. The minimum atomic E-state index is -0.807. The van der Waals surface area contributed by atoms with Crippen molar-refractivity contribution >= 4 is 5.97 Å². The number of rotatable bonds is 4. The lowest BCUT2D eigenvalue weighted by Crippen LogP contribution is -2.46. The van der Waals surface area contributed by atoms with Crippen molar-refractivity contribution in [1.82, 2.24) is 5.32 Å². The van der Waals surface area contributed by atoms with Gasteiger partial charge in [-0.25, -0.2) is 0 Å². The first-order valence-corrected chi connectivity index (χ1v) is 3.83. The number of carbonyl (C=O) groups is 1. The Hall–Kier alpha value is -0.570. The van der Waals surface area contributed by atoms with Crippen molar-refractivity contribution in [1.29, 1.82) is 0 Å². The van der Waals surface area contributed by atoms with Crippen molar-refractivity contribution in [2.75, 3.05) is 6.54 Å². The van der Waals surface area contributed by atoms with E-state index in [4.69, 9.17) is 5.11 Å². The minimum absolute atomic E-state index is 0.0329. The van der Waals surface area contributed by atoms with Crippen LogP contribution in [0.15, 0.2) is 0 Å². The van der Waals surface area contributed by atoms with Crippen LogP contribution in [0.2, 0.25) is 0 Å². The van der Waals surface area contributed by atoms with Crippen LogP contribution in [0.25, 0.3) is 0 Å². The van der Waals surface area contributed by atoms with Gasteiger partial charge in [0.2, 0.25) is 0 Å². The van der Waals surface area contributed by atoms with Gasteiger partial charge in [0.15, 0.2) is 0 Å². The third-order valence-corrected chi connectivity index (χ3v) is 2.14. The standard InChI is InChI=1S/C8H17NO2/c1-6(2)8(3,4)9-5-7(10)11/h6,9H,5H2,1-4H3,(H,10,11). The van der Waals surface area contributed by atoms with Crippen molar-refractivity contribution in [3.05, 3.63) is 0 Å². The van der Waals surface area contributed by atoms with E-state index in [0.29, 0.717) is 5.92 Å². The average Bonchev–Trinajstić information content (AvgIpc) is 1.84. The summed E-state index contributed by atoms with van der Waals surface area (Å²) in [6.07, 6.45) is 0. The van der Waals surface area contributed by atoms with E-state index in [1.165, 1.54) is 0 Å². The number of nitrogens with one attached hydrogen (secondary N) is 1. The van der Waals surface area contributed by atoms with Crippen LogP contribution in [0, 0.1) is 5.92 Å². The fraction of sp³-hybridized carbons (Fsp3) is 0.875. The number of hydrogen-bond acceptors (Lipinski definition) is 2. The summed E-state index contributed by atoms with van der Waals surface area (Å²) >= 11 is 0. The number of carboxylic acid groups (broad SMARTS) is 1. The normalized spacial score (nSPS) is 12.1. The Kier molecular flexibility index (Phi) is 3.52. The van der Waals surface area contributed by atoms with Crippen molar-refractivity contribution in [2.45, 2.75) is 33.2 Å². The molecule has 0 atom stereocenters. The summed E-state index contributed by atoms with van der Waals surface area (Å²) in [4.78, 5) is 10.2. The maximum absolute atomic E-state index is 10.2. The summed E-state index contributed by atoms with van der Waals surface area (Å²) in [5.74, 6) is -0.374. The molecule has 0 radical (unpaired) electrons. The molecule has 66 valence electrons. The van der Waals surface area contributed by atoms with Crippen molar-refractivity contribution in [3.8, 4) is 0 Å². The lowest BCUT2D eigenvalue weighted by atomic mass is 9.91. The highest BCUT2D eigenvalue weighted by Crippen LogP contribution is 2.14. The second kappa shape index (κ2) is 3.72. The number of hydrogen-bond donors (Lipinski definition) is 2. The Morgan fingerprint density at radius 3 is 2.27 bits per heavy atom. The van der Waals surface area contributed by atoms with E-state index in [2.05, 4.69) is 19.2 Å². The van der Waals surface area contributed by atoms with E-state index in [1.54, 1.807) is 0 Å². The lowest BCUT2D eigenvalue weighted by Gasteiger charge is -2.29. The molecule has 11 heavy (non-hydrogen) atoms. The Labute approximate surface area is 67.8 Å². The third kappa shape index (κ3) is 3.98. The van der Waals surface area contributed by atoms with Gasteiger partial charge in [-0.2, -0.15) is 0 Å². The molecule has 0 aliphatic rings. The van der Waals surface area contributed by atoms with Gasteiger partial charge in [-0.05, 0) is 19.8 Å². The molecule has 0 heterocycles. The molecule has 0 aliphatic heterocycles. The summed E-state index contributed by atoms with van der Waals surface area (Å²) in [7, 11) is 0. The number of aliphatic carboxylic acids is 1. The monoisotopic (exact) mass is 159 g/mol. The van der Waals surface area contributed by atoms with Crippen molar-refractivity contribution in [2.24, 2.45) is 5.92 Å². The summed E-state index contributed by atoms with van der Waals surface area (Å²) < 4.78 is 0. The van der Waals surface area contributed by atoms with E-state index in [-0.39, 0.29) is 12.1 Å². The first kappa shape index (κ1) is 10.4. The zero-order valence-corrected chi connectivity index (χ0v) is 7.64. The molecule has 3 nitrogen and oxygen atoms in total. The molecular weight excluding hydrogens is 142 g/mol. The van der Waals surface area contributed by atoms with Gasteiger partial charge in [-0.3, -0.25) is 4.79 Å². The van der Waals surface area contributed by atoms with Gasteiger partial charge >= 0.3 is 5.97 Å². The predicted octanol–water partition coefficient (Wildman–Crippen LogP) is 1.10. The zero-order chi connectivity index (χ0) is 9.07. The maximum atomic E-state index is 10.2. The molecule has 0 fully saturated rings. The highest BCUT2D eigenvalue weighted by atomic mass is 16.4. The Balaban J connectivity index is 3.82. The fourth-order valence-corrected chi connectivity index (χ4v) is 0.508. The quantitative estimate of drug-likeness (QED) is 0.645. The van der Waals surface area contributed by atoms with Gasteiger partial charge in [0, 0.05) is 5.54 Å². The maximum Gasteiger partial charge on any atom is 0.317 e. The largest absolute Gasteiger partial charge is 0.480 e. The van der Waals surface area contributed by atoms with Gasteiger partial charge in [0.05, 0.1) is 6.54 Å². The zero-order valence-electron chi connectivity index (χ0n) is 7.64. The molecule has 0 aromatic rings. The van der Waals surface area contributed by atoms with Gasteiger partial charge in [0.1, 0.15) is 0 Å². The molecular formula is C8H17NO2. The van der Waals surface area contributed by atoms with Crippen LogP contribution in [0.1, 0.15) is 27.7 Å². The van der Waals surface area contributed by atoms with Crippen LogP contribution in [-0.2, 0) is 4.79 Å². The second-order valence-electron chi connectivity index (χ2n) is 3.62. The second-order valence-corrected chi connectivity index (χ2v) is 3.62. The third-order valence-electron chi connectivity index (χ3n) is 2.14. The smallest absolute Gasteiger partial charge is 0.317 e. The van der Waals surface area contributed by atoms with Gasteiger partial charge in [0.25, 0.3) is 0 Å². The van der Waals surface area contributed by atoms with Crippen LogP contribution in [0.4, 0.5) is 0 Å². The van der Waals surface area contributed by atoms with Crippen molar-refractivity contribution < 1.29 is 9.90 Å². The first-order chi connectivity index (χ1) is 4.86. The highest BCUT2D eigenvalue weighted by Gasteiger charge is 2.21. The molecule has 0 spiro atoms. The van der Waals surface area contributed by atoms with Gasteiger partial charge in [-0.15, -0.1) is 0 Å². The van der Waals surface area contributed by atoms with Crippen LogP contribution < -0.4 is 5.32 Å². The Morgan fingerprint density at radius 1 is 1.55 bits per heavy atom. The molecule has 2 N–H and O–H groups in total. The average molecular weight is 159 g/mol. The summed E-state index contributed by atoms with van der Waals surface area (Å²) in [5, 5.41) is 11.4. The Bertz CT molecular complexity index is 141. The van der Waals surface area contributed by atoms with Crippen LogP contribution >= 0.6 is 0 Å². The SMILES string of the molecule is CC(C)C(C)(C)NCC(=O)O. The van der Waals surface area contributed by atoms with E-state index in [9.17, 15) is 4.79 Å². The van der Waals surface area contributed by atoms with Crippen LogP contribution in [0.3, 0.4) is 0 Å². The van der Waals surface area contributed by atoms with Crippen LogP contribution in [-0.4, -0.2) is 23.2 Å². The van der Waals surface area contributed by atoms with E-state index < -0.39 is 5.97 Å². The highest BCUT2D eigenvalue weighted by molar-refractivity contribution is 5.69. The molecule has 0 amide bonds. The molecule has 0 saturated carbocycles. The molecule has 0 bridgehead atoms. The minimum Gasteiger partial charge on any atom is -0.480 e. The summed E-state index contributed by atoms with van der Waals surface area (Å²) in [6, 6.07) is 0. The van der Waals surface area contributed by atoms with Crippen LogP contribution in [0.5, 0.6) is 0 Å². The molecule has 3 heteroatoms. The molecule has 0 unspecified atom stereocenters. The lowest BCUT2D eigenvalue weighted by molar-refractivity contribution is -0.136. The van der Waals surface area contributed by atoms with Gasteiger partial charge in [-0.1, -0.05) is 13.8 Å². The van der Waals surface area contributed by atoms with E-state index in [1.807, 2.05) is 13.8 Å². The molecule has 0 aromatic heterocycles. The molecule has 0 rings (SSSR count). The van der Waals surface area contributed by atoms with E-state index in [0.717, 1.165) is 0 Å². The van der Waals surface area contributed by atoms with Gasteiger partial charge < -0.3 is 10.4 Å². The molecule has 0 aliphatic carbocycles. The topological polar surface area (TPSA) is 49.3 Å². The summed E-state index contributed by atoms with van der Waals surface area (Å²) in [6.45, 7) is 8.16. The number of carboxylic acids is 1. The Morgan fingerprint density at radius 2 is 2.00 bits per heavy atom. The van der Waals surface area contributed by atoms with E-state index >= 15 is 0 Å². The summed E-state index contributed by atoms with van der Waals surface area (Å²) in [5.41, 5.74) is -0.0988. The first-order valence-electron chi connectivity index (χ1n) is 3.83. The van der Waals surface area contributed by atoms with Crippen molar-refractivity contribution in [3.63, 3.8) is 0 Å².